The summed E-state index contributed by atoms with van der Waals surface area (Å²) in [7, 11) is 0. The van der Waals surface area contributed by atoms with Gasteiger partial charge in [-0.2, -0.15) is 0 Å². The van der Waals surface area contributed by atoms with Crippen LogP contribution in [0, 0.1) is 5.92 Å². The van der Waals surface area contributed by atoms with Gasteiger partial charge in [0.25, 0.3) is 0 Å². The lowest BCUT2D eigenvalue weighted by molar-refractivity contribution is 0.117. The molecule has 2 heteroatoms. The molecule has 1 unspecified atom stereocenters. The lowest BCUT2D eigenvalue weighted by Gasteiger charge is -2.27. The van der Waals surface area contributed by atoms with Crippen LogP contribution in [0.4, 0.5) is 4.39 Å². The van der Waals surface area contributed by atoms with Gasteiger partial charge in [0.2, 0.25) is 0 Å². The summed E-state index contributed by atoms with van der Waals surface area (Å²) in [4.78, 5) is 1.82. The molecule has 0 fully saturated rings. The van der Waals surface area contributed by atoms with Crippen LogP contribution in [0.25, 0.3) is 0 Å². The monoisotopic (exact) mass is 147 g/mol. The maximum absolute atomic E-state index is 12.2. The molecule has 0 aromatic carbocycles. The third kappa shape index (κ3) is 2.65. The molecule has 10 heavy (non-hydrogen) atoms. The Hall–Kier alpha value is -0.110. The van der Waals surface area contributed by atoms with Crippen LogP contribution in [-0.4, -0.2) is 24.3 Å². The van der Waals surface area contributed by atoms with Crippen LogP contribution in [0.15, 0.2) is 0 Å². The average molecular weight is 147 g/mol. The molecule has 1 atom stereocenters. The molecule has 0 aromatic heterocycles. The van der Waals surface area contributed by atoms with E-state index < -0.39 is 0 Å². The highest BCUT2D eigenvalue weighted by Gasteiger charge is 2.13. The van der Waals surface area contributed by atoms with Gasteiger partial charge in [0.1, 0.15) is 6.80 Å². The molecule has 0 aliphatic carbocycles. The van der Waals surface area contributed by atoms with Crippen molar-refractivity contribution in [2.45, 2.75) is 33.7 Å². The maximum Gasteiger partial charge on any atom is 0.143 e. The third-order valence-electron chi connectivity index (χ3n) is 2.10. The lowest BCUT2D eigenvalue weighted by atomic mass is 10.1. The highest BCUT2D eigenvalue weighted by Crippen LogP contribution is 2.08. The van der Waals surface area contributed by atoms with Crippen LogP contribution >= 0.6 is 0 Å². The number of rotatable bonds is 4. The van der Waals surface area contributed by atoms with Crippen molar-refractivity contribution in [3.05, 3.63) is 0 Å². The fourth-order valence-corrected chi connectivity index (χ4v) is 0.903. The predicted octanol–water partition coefficient (Wildman–Crippen LogP) is 2.28. The smallest absolute Gasteiger partial charge is 0.143 e. The minimum absolute atomic E-state index is 0.324. The summed E-state index contributed by atoms with van der Waals surface area (Å²) < 4.78 is 12.2. The van der Waals surface area contributed by atoms with Crippen LogP contribution in [0.5, 0.6) is 0 Å². The van der Waals surface area contributed by atoms with Crippen molar-refractivity contribution in [1.82, 2.24) is 4.90 Å². The van der Waals surface area contributed by atoms with Crippen molar-refractivity contribution in [3.8, 4) is 0 Å². The quantitative estimate of drug-likeness (QED) is 0.551. The van der Waals surface area contributed by atoms with Crippen molar-refractivity contribution in [3.63, 3.8) is 0 Å². The molecule has 0 aliphatic heterocycles. The van der Waals surface area contributed by atoms with Gasteiger partial charge < -0.3 is 0 Å². The summed E-state index contributed by atoms with van der Waals surface area (Å²) in [5, 5.41) is 0. The van der Waals surface area contributed by atoms with Gasteiger partial charge in [0.15, 0.2) is 0 Å². The number of halogens is 1. The number of alkyl halides is 1. The van der Waals surface area contributed by atoms with Crippen molar-refractivity contribution >= 4 is 0 Å². The van der Waals surface area contributed by atoms with Crippen molar-refractivity contribution in [2.75, 3.05) is 13.3 Å². The number of hydrogen-bond acceptors (Lipinski definition) is 1. The Labute approximate surface area is 63.2 Å². The van der Waals surface area contributed by atoms with E-state index in [2.05, 4.69) is 20.8 Å². The highest BCUT2D eigenvalue weighted by atomic mass is 19.1. The van der Waals surface area contributed by atoms with Crippen LogP contribution in [0.1, 0.15) is 27.7 Å². The van der Waals surface area contributed by atoms with Gasteiger partial charge in [0, 0.05) is 6.04 Å². The topological polar surface area (TPSA) is 3.24 Å². The lowest BCUT2D eigenvalue weighted by Crippen LogP contribution is -2.35. The first kappa shape index (κ1) is 9.89. The van der Waals surface area contributed by atoms with E-state index in [0.29, 0.717) is 12.0 Å². The number of hydrogen-bond donors (Lipinski definition) is 0. The summed E-state index contributed by atoms with van der Waals surface area (Å²) in [6.07, 6.45) is 0. The Balaban J connectivity index is 3.76. The summed E-state index contributed by atoms with van der Waals surface area (Å²) in [6.45, 7) is 8.75. The van der Waals surface area contributed by atoms with Gasteiger partial charge in [0.05, 0.1) is 0 Å². The minimum atomic E-state index is -0.324. The second-order valence-corrected chi connectivity index (χ2v) is 3.01. The fraction of sp³-hybridized carbons (Fsp3) is 1.00. The van der Waals surface area contributed by atoms with Gasteiger partial charge in [-0.3, -0.25) is 4.90 Å². The molecule has 0 heterocycles. The maximum atomic E-state index is 12.2. The van der Waals surface area contributed by atoms with E-state index >= 15 is 0 Å². The van der Waals surface area contributed by atoms with E-state index in [1.165, 1.54) is 0 Å². The van der Waals surface area contributed by atoms with E-state index in [0.717, 1.165) is 6.54 Å². The van der Waals surface area contributed by atoms with Crippen molar-refractivity contribution < 1.29 is 4.39 Å². The Kier molecular flexibility index (Phi) is 4.62. The molecule has 0 radical (unpaired) electrons. The first-order valence-electron chi connectivity index (χ1n) is 3.93. The zero-order chi connectivity index (χ0) is 8.15. The van der Waals surface area contributed by atoms with E-state index in [9.17, 15) is 4.39 Å². The predicted molar refractivity (Wildman–Crippen MR) is 42.7 cm³/mol. The first-order valence-corrected chi connectivity index (χ1v) is 3.93. The van der Waals surface area contributed by atoms with E-state index in [1.807, 2.05) is 11.8 Å². The third-order valence-corrected chi connectivity index (χ3v) is 2.10. The minimum Gasteiger partial charge on any atom is -0.274 e. The molecule has 0 saturated heterocycles. The summed E-state index contributed by atoms with van der Waals surface area (Å²) in [5.74, 6) is 0.538. The van der Waals surface area contributed by atoms with E-state index in [4.69, 9.17) is 0 Å². The Morgan fingerprint density at radius 3 is 1.90 bits per heavy atom. The molecule has 0 aromatic rings. The Bertz CT molecular complexity index is 79.3. The van der Waals surface area contributed by atoms with Gasteiger partial charge in [-0.25, -0.2) is 4.39 Å². The summed E-state index contributed by atoms with van der Waals surface area (Å²) >= 11 is 0. The van der Waals surface area contributed by atoms with Crippen LogP contribution in [0.2, 0.25) is 0 Å². The fourth-order valence-electron chi connectivity index (χ4n) is 0.903. The molecule has 0 aliphatic rings. The Morgan fingerprint density at radius 1 is 1.30 bits per heavy atom. The zero-order valence-electron chi connectivity index (χ0n) is 7.39. The summed E-state index contributed by atoms with van der Waals surface area (Å²) in [5.41, 5.74) is 0. The molecule has 0 bridgehead atoms. The second-order valence-electron chi connectivity index (χ2n) is 3.01. The van der Waals surface area contributed by atoms with Gasteiger partial charge in [-0.1, -0.05) is 20.8 Å². The number of nitrogens with zero attached hydrogens (tertiary/aromatic N) is 1. The van der Waals surface area contributed by atoms with Crippen molar-refractivity contribution in [2.24, 2.45) is 5.92 Å². The van der Waals surface area contributed by atoms with E-state index in [1.54, 1.807) is 0 Å². The molecular weight excluding hydrogens is 129 g/mol. The molecule has 0 N–H and O–H groups in total. The molecule has 0 rings (SSSR count). The van der Waals surface area contributed by atoms with Gasteiger partial charge >= 0.3 is 0 Å². The average Bonchev–Trinajstić information content (AvgIpc) is 1.90. The molecule has 0 amide bonds. The second kappa shape index (κ2) is 4.67. The van der Waals surface area contributed by atoms with Crippen LogP contribution in [0.3, 0.4) is 0 Å². The molecule has 0 spiro atoms. The molecule has 1 nitrogen and oxygen atoms in total. The van der Waals surface area contributed by atoms with Crippen LogP contribution < -0.4 is 0 Å². The largest absolute Gasteiger partial charge is 0.274 e. The normalized spacial score (nSPS) is 14.7. The molecular formula is C8H18FN. The zero-order valence-corrected chi connectivity index (χ0v) is 7.39. The molecule has 62 valence electrons. The van der Waals surface area contributed by atoms with Crippen molar-refractivity contribution in [1.29, 1.82) is 0 Å². The highest BCUT2D eigenvalue weighted by molar-refractivity contribution is 4.65. The SMILES string of the molecule is CCN(CF)C(C)C(C)C. The summed E-state index contributed by atoms with van der Waals surface area (Å²) in [6, 6.07) is 0.356. The first-order chi connectivity index (χ1) is 4.63. The van der Waals surface area contributed by atoms with Gasteiger partial charge in [-0.05, 0) is 19.4 Å². The standard InChI is InChI=1S/C8H18FN/c1-5-10(6-9)8(4)7(2)3/h7-8H,5-6H2,1-4H3. The van der Waals surface area contributed by atoms with E-state index in [-0.39, 0.29) is 6.80 Å². The van der Waals surface area contributed by atoms with Crippen LogP contribution in [-0.2, 0) is 0 Å². The Morgan fingerprint density at radius 2 is 1.80 bits per heavy atom. The molecule has 0 saturated carbocycles. The van der Waals surface area contributed by atoms with Gasteiger partial charge in [-0.15, -0.1) is 0 Å².